The molecule has 4 heteroatoms. The van der Waals surface area contributed by atoms with Gasteiger partial charge in [0.2, 0.25) is 0 Å². The van der Waals surface area contributed by atoms with Crippen molar-refractivity contribution in [2.75, 3.05) is 0 Å². The summed E-state index contributed by atoms with van der Waals surface area (Å²) >= 11 is 0. The molecule has 0 fully saturated rings. The van der Waals surface area contributed by atoms with Gasteiger partial charge in [0.15, 0.2) is 0 Å². The van der Waals surface area contributed by atoms with E-state index in [1.54, 1.807) is 18.6 Å². The minimum absolute atomic E-state index is 0.164. The van der Waals surface area contributed by atoms with Gasteiger partial charge in [-0.2, -0.15) is 0 Å². The van der Waals surface area contributed by atoms with E-state index in [1.165, 1.54) is 16.7 Å². The van der Waals surface area contributed by atoms with Gasteiger partial charge in [0, 0.05) is 54.9 Å². The summed E-state index contributed by atoms with van der Waals surface area (Å²) in [5.41, 5.74) is 5.51. The van der Waals surface area contributed by atoms with Crippen LogP contribution in [0.2, 0.25) is 0 Å². The molecule has 0 saturated heterocycles. The van der Waals surface area contributed by atoms with E-state index in [4.69, 9.17) is 0 Å². The van der Waals surface area contributed by atoms with Crippen LogP contribution in [0.15, 0.2) is 91.9 Å². The lowest BCUT2D eigenvalue weighted by Crippen LogP contribution is -2.07. The summed E-state index contributed by atoms with van der Waals surface area (Å²) in [5.74, 6) is 0.164. The monoisotopic (exact) mass is 338 g/mol. The highest BCUT2D eigenvalue weighted by Crippen LogP contribution is 2.31. The molecule has 0 unspecified atom stereocenters. The lowest BCUT2D eigenvalue weighted by Gasteiger charge is -2.19. The molecule has 0 bridgehead atoms. The molecule has 0 atom stereocenters. The number of nitrogens with zero attached hydrogens (tertiary/aromatic N) is 4. The molecule has 126 valence electrons. The van der Waals surface area contributed by atoms with E-state index < -0.39 is 0 Å². The molecule has 0 amide bonds. The smallest absolute Gasteiger partial charge is 0.0749 e. The molecule has 0 N–H and O–H groups in total. The second-order valence-corrected chi connectivity index (χ2v) is 6.08. The Kier molecular flexibility index (Phi) is 4.74. The summed E-state index contributed by atoms with van der Waals surface area (Å²) in [6, 6.07) is 16.3. The molecule has 26 heavy (non-hydrogen) atoms. The second-order valence-electron chi connectivity index (χ2n) is 6.08. The molecule has 4 heterocycles. The first-order valence-electron chi connectivity index (χ1n) is 8.56. The predicted octanol–water partition coefficient (Wildman–Crippen LogP) is 4.31. The van der Waals surface area contributed by atoms with E-state index >= 15 is 0 Å². The van der Waals surface area contributed by atoms with Crippen molar-refractivity contribution in [3.05, 3.63) is 109 Å². The van der Waals surface area contributed by atoms with Crippen LogP contribution in [0.3, 0.4) is 0 Å². The molecule has 4 aromatic rings. The van der Waals surface area contributed by atoms with Crippen molar-refractivity contribution >= 4 is 0 Å². The molecule has 4 nitrogen and oxygen atoms in total. The van der Waals surface area contributed by atoms with E-state index in [1.807, 2.05) is 55.1 Å². The molecular formula is C22H18N4. The summed E-state index contributed by atoms with van der Waals surface area (Å²) in [6.45, 7) is 0. The zero-order valence-corrected chi connectivity index (χ0v) is 14.2. The lowest BCUT2D eigenvalue weighted by molar-refractivity contribution is 0.792. The number of aromatic nitrogens is 4. The maximum Gasteiger partial charge on any atom is 0.0749 e. The maximum atomic E-state index is 4.62. The maximum absolute atomic E-state index is 4.62. The van der Waals surface area contributed by atoms with E-state index in [0.29, 0.717) is 0 Å². The molecule has 0 aliphatic rings. The third kappa shape index (κ3) is 3.49. The van der Waals surface area contributed by atoms with Crippen LogP contribution in [0.1, 0.15) is 22.6 Å². The summed E-state index contributed by atoms with van der Waals surface area (Å²) in [5, 5.41) is 0. The average molecular weight is 338 g/mol. The Balaban J connectivity index is 1.76. The number of hydrogen-bond acceptors (Lipinski definition) is 4. The van der Waals surface area contributed by atoms with E-state index in [0.717, 1.165) is 17.7 Å². The zero-order valence-electron chi connectivity index (χ0n) is 14.2. The summed E-state index contributed by atoms with van der Waals surface area (Å²) in [7, 11) is 0. The highest BCUT2D eigenvalue weighted by atomic mass is 14.7. The Bertz CT molecular complexity index is 917. The second kappa shape index (κ2) is 7.66. The highest BCUT2D eigenvalue weighted by Gasteiger charge is 2.18. The van der Waals surface area contributed by atoms with Gasteiger partial charge in [-0.25, -0.2) is 0 Å². The molecule has 0 aliphatic carbocycles. The van der Waals surface area contributed by atoms with Crippen molar-refractivity contribution < 1.29 is 0 Å². The van der Waals surface area contributed by atoms with Crippen LogP contribution in [0.25, 0.3) is 11.3 Å². The van der Waals surface area contributed by atoms with Crippen LogP contribution in [0.4, 0.5) is 0 Å². The largest absolute Gasteiger partial charge is 0.264 e. The quantitative estimate of drug-likeness (QED) is 0.544. The fourth-order valence-corrected chi connectivity index (χ4v) is 3.18. The van der Waals surface area contributed by atoms with Crippen molar-refractivity contribution in [3.8, 4) is 11.3 Å². The fourth-order valence-electron chi connectivity index (χ4n) is 3.18. The Morgan fingerprint density at radius 3 is 1.85 bits per heavy atom. The first-order valence-corrected chi connectivity index (χ1v) is 8.56. The minimum Gasteiger partial charge on any atom is -0.264 e. The van der Waals surface area contributed by atoms with Gasteiger partial charge in [-0.15, -0.1) is 0 Å². The molecule has 0 aliphatic heterocycles. The summed E-state index contributed by atoms with van der Waals surface area (Å²) in [4.78, 5) is 17.5. The van der Waals surface area contributed by atoms with Crippen molar-refractivity contribution in [2.24, 2.45) is 0 Å². The highest BCUT2D eigenvalue weighted by molar-refractivity contribution is 5.62. The van der Waals surface area contributed by atoms with E-state index in [-0.39, 0.29) is 5.92 Å². The third-order valence-electron chi connectivity index (χ3n) is 4.42. The fraction of sp³-hybridized carbons (Fsp3) is 0.0909. The Morgan fingerprint density at radius 2 is 1.27 bits per heavy atom. The molecule has 0 saturated carbocycles. The lowest BCUT2D eigenvalue weighted by atomic mass is 9.86. The SMILES string of the molecule is c1cncc(-c2ncccc2CC(c2cccnc2)c2cccnc2)c1. The van der Waals surface area contributed by atoms with Gasteiger partial charge < -0.3 is 0 Å². The molecule has 0 spiro atoms. The van der Waals surface area contributed by atoms with Crippen LogP contribution in [-0.4, -0.2) is 19.9 Å². The average Bonchev–Trinajstić information content (AvgIpc) is 2.74. The van der Waals surface area contributed by atoms with Crippen molar-refractivity contribution in [1.82, 2.24) is 19.9 Å². The topological polar surface area (TPSA) is 51.6 Å². The first-order chi connectivity index (χ1) is 12.9. The minimum atomic E-state index is 0.164. The van der Waals surface area contributed by atoms with Gasteiger partial charge in [0.05, 0.1) is 5.69 Å². The molecule has 4 aromatic heterocycles. The van der Waals surface area contributed by atoms with E-state index in [2.05, 4.69) is 38.1 Å². The van der Waals surface area contributed by atoms with Crippen LogP contribution < -0.4 is 0 Å². The Labute approximate surface area is 152 Å². The van der Waals surface area contributed by atoms with Crippen LogP contribution in [-0.2, 0) is 6.42 Å². The molecular weight excluding hydrogens is 320 g/mol. The van der Waals surface area contributed by atoms with Gasteiger partial charge in [-0.3, -0.25) is 19.9 Å². The van der Waals surface area contributed by atoms with Crippen molar-refractivity contribution in [2.45, 2.75) is 12.3 Å². The van der Waals surface area contributed by atoms with Gasteiger partial charge in [-0.05, 0) is 53.4 Å². The summed E-state index contributed by atoms with van der Waals surface area (Å²) < 4.78 is 0. The van der Waals surface area contributed by atoms with Gasteiger partial charge in [0.1, 0.15) is 0 Å². The molecule has 0 radical (unpaired) electrons. The van der Waals surface area contributed by atoms with Crippen molar-refractivity contribution in [3.63, 3.8) is 0 Å². The first kappa shape index (κ1) is 16.1. The summed E-state index contributed by atoms with van der Waals surface area (Å²) in [6.07, 6.45) is 13.7. The molecule has 0 aromatic carbocycles. The van der Waals surface area contributed by atoms with Gasteiger partial charge in [0.25, 0.3) is 0 Å². The Hall–Kier alpha value is -3.40. The van der Waals surface area contributed by atoms with E-state index in [9.17, 15) is 0 Å². The van der Waals surface area contributed by atoms with Gasteiger partial charge >= 0.3 is 0 Å². The number of pyridine rings is 4. The molecule has 4 rings (SSSR count). The van der Waals surface area contributed by atoms with Crippen molar-refractivity contribution in [1.29, 1.82) is 0 Å². The zero-order chi connectivity index (χ0) is 17.6. The van der Waals surface area contributed by atoms with Crippen LogP contribution in [0, 0.1) is 0 Å². The third-order valence-corrected chi connectivity index (χ3v) is 4.42. The normalized spacial score (nSPS) is 10.8. The van der Waals surface area contributed by atoms with Crippen LogP contribution in [0.5, 0.6) is 0 Å². The van der Waals surface area contributed by atoms with Crippen LogP contribution >= 0.6 is 0 Å². The Morgan fingerprint density at radius 1 is 0.654 bits per heavy atom. The number of rotatable bonds is 5. The standard InChI is InChI=1S/C22H18N4/c1-6-18(14-23-9-1)21(19-7-2-10-24-15-19)13-17-5-4-12-26-22(17)20-8-3-11-25-16-20/h1-12,14-16,21H,13H2. The predicted molar refractivity (Wildman–Crippen MR) is 101 cm³/mol. The van der Waals surface area contributed by atoms with Gasteiger partial charge in [-0.1, -0.05) is 18.2 Å². The number of hydrogen-bond donors (Lipinski definition) is 0.